The molecule has 3 amide bonds. The number of amides is 3. The summed E-state index contributed by atoms with van der Waals surface area (Å²) in [6.07, 6.45) is -0.167. The van der Waals surface area contributed by atoms with E-state index in [1.54, 1.807) is 54.6 Å². The van der Waals surface area contributed by atoms with Gasteiger partial charge in [0.1, 0.15) is 6.04 Å². The van der Waals surface area contributed by atoms with Gasteiger partial charge in [-0.2, -0.15) is 0 Å². The minimum Gasteiger partial charge on any atom is -0.324 e. The summed E-state index contributed by atoms with van der Waals surface area (Å²) in [4.78, 5) is 40.7. The zero-order valence-electron chi connectivity index (χ0n) is 19.5. The molecule has 1 heterocycles. The second-order valence-corrected chi connectivity index (χ2v) is 8.88. The number of benzene rings is 3. The van der Waals surface area contributed by atoms with Gasteiger partial charge in [-0.1, -0.05) is 62.4 Å². The van der Waals surface area contributed by atoms with Crippen LogP contribution < -0.4 is 15.6 Å². The van der Waals surface area contributed by atoms with Gasteiger partial charge in [-0.25, -0.2) is 5.01 Å². The molecule has 0 radical (unpaired) electrons. The monoisotopic (exact) mass is 486 g/mol. The minimum atomic E-state index is -1.02. The van der Waals surface area contributed by atoms with Crippen LogP contribution in [0.3, 0.4) is 0 Å². The highest BCUT2D eigenvalue weighted by Crippen LogP contribution is 2.25. The number of carbonyl (C=O) groups is 3. The fourth-order valence-electron chi connectivity index (χ4n) is 3.80. The quantitative estimate of drug-likeness (QED) is 0.502. The Bertz CT molecular complexity index is 1230. The Kier molecular flexibility index (Phi) is 7.22. The van der Waals surface area contributed by atoms with Crippen LogP contribution in [0.2, 0.25) is 0 Å². The predicted octanol–water partition coefficient (Wildman–Crippen LogP) is 4.49. The zero-order valence-corrected chi connectivity index (χ0v) is 20.3. The molecule has 1 atom stereocenters. The molecule has 0 aliphatic carbocycles. The summed E-state index contributed by atoms with van der Waals surface area (Å²) < 4.78 is 0. The van der Waals surface area contributed by atoms with Crippen molar-refractivity contribution in [2.45, 2.75) is 32.2 Å². The third-order valence-electron chi connectivity index (χ3n) is 5.75. The molecule has 7 nitrogen and oxygen atoms in total. The molecule has 1 fully saturated rings. The van der Waals surface area contributed by atoms with Crippen molar-refractivity contribution in [2.24, 2.45) is 0 Å². The van der Waals surface area contributed by atoms with Gasteiger partial charge in [0.2, 0.25) is 16.9 Å². The van der Waals surface area contributed by atoms with Crippen molar-refractivity contribution in [2.75, 3.05) is 10.2 Å². The number of rotatable bonds is 6. The fraction of sp³-hybridized carbons (Fsp3) is 0.185. The van der Waals surface area contributed by atoms with Gasteiger partial charge in [0.05, 0.1) is 12.1 Å². The van der Waals surface area contributed by atoms with E-state index in [-0.39, 0.29) is 17.4 Å². The molecule has 0 aromatic heterocycles. The summed E-state index contributed by atoms with van der Waals surface area (Å²) >= 11 is 5.62. The van der Waals surface area contributed by atoms with Crippen LogP contribution in [0.5, 0.6) is 0 Å². The standard InChI is InChI=1S/C27H26N4O3S/c1-18(2)19-13-15-21(16-14-19)28-26(34)23-17-24(32)30(22-11-7-4-8-12-22)27(35)31(23)29-25(33)20-9-5-3-6-10-20/h3-16,18,23H,17H2,1-2H3,(H,28,34)(H,29,33). The normalized spacial score (nSPS) is 15.8. The first-order valence-corrected chi connectivity index (χ1v) is 11.7. The third-order valence-corrected chi connectivity index (χ3v) is 6.13. The lowest BCUT2D eigenvalue weighted by Crippen LogP contribution is -2.65. The van der Waals surface area contributed by atoms with Crippen LogP contribution in [-0.2, 0) is 9.59 Å². The van der Waals surface area contributed by atoms with Crippen LogP contribution in [0.4, 0.5) is 11.4 Å². The van der Waals surface area contributed by atoms with Crippen LogP contribution >= 0.6 is 12.2 Å². The van der Waals surface area contributed by atoms with E-state index >= 15 is 0 Å². The van der Waals surface area contributed by atoms with Crippen LogP contribution in [0.25, 0.3) is 0 Å². The smallest absolute Gasteiger partial charge is 0.269 e. The fourth-order valence-corrected chi connectivity index (χ4v) is 4.18. The molecular weight excluding hydrogens is 460 g/mol. The van der Waals surface area contributed by atoms with Gasteiger partial charge in [-0.15, -0.1) is 0 Å². The lowest BCUT2D eigenvalue weighted by Gasteiger charge is -2.41. The molecule has 35 heavy (non-hydrogen) atoms. The Labute approximate surface area is 209 Å². The largest absolute Gasteiger partial charge is 0.324 e. The Morgan fingerprint density at radius 3 is 2.11 bits per heavy atom. The first-order chi connectivity index (χ1) is 16.8. The molecule has 2 N–H and O–H groups in total. The highest BCUT2D eigenvalue weighted by molar-refractivity contribution is 7.80. The van der Waals surface area contributed by atoms with E-state index in [1.165, 1.54) is 9.91 Å². The zero-order chi connectivity index (χ0) is 24.9. The van der Waals surface area contributed by atoms with Crippen molar-refractivity contribution in [3.63, 3.8) is 0 Å². The first-order valence-electron chi connectivity index (χ1n) is 11.3. The van der Waals surface area contributed by atoms with Gasteiger partial charge >= 0.3 is 0 Å². The molecular formula is C27H26N4O3S. The Morgan fingerprint density at radius 1 is 0.914 bits per heavy atom. The average Bonchev–Trinajstić information content (AvgIpc) is 2.87. The summed E-state index contributed by atoms with van der Waals surface area (Å²) in [6, 6.07) is 24.0. The number of anilines is 2. The first kappa shape index (κ1) is 24.1. The number of hydrogen-bond acceptors (Lipinski definition) is 4. The van der Waals surface area contributed by atoms with E-state index in [0.29, 0.717) is 22.9 Å². The highest BCUT2D eigenvalue weighted by atomic mass is 32.1. The number of nitrogens with zero attached hydrogens (tertiary/aromatic N) is 2. The minimum absolute atomic E-state index is 0.0204. The Hall–Kier alpha value is -4.04. The lowest BCUT2D eigenvalue weighted by atomic mass is 10.0. The van der Waals surface area contributed by atoms with Crippen LogP contribution in [-0.4, -0.2) is 33.9 Å². The molecule has 3 aromatic carbocycles. The van der Waals surface area contributed by atoms with Crippen LogP contribution in [0, 0.1) is 0 Å². The van der Waals surface area contributed by atoms with Gasteiger partial charge < -0.3 is 5.32 Å². The maximum Gasteiger partial charge on any atom is 0.269 e. The van der Waals surface area contributed by atoms with Gasteiger partial charge in [0.15, 0.2) is 0 Å². The number of hydrogen-bond donors (Lipinski definition) is 2. The molecule has 1 unspecified atom stereocenters. The molecule has 1 aliphatic heterocycles. The molecule has 1 saturated heterocycles. The van der Waals surface area contributed by atoms with E-state index in [2.05, 4.69) is 24.6 Å². The van der Waals surface area contributed by atoms with Crippen LogP contribution in [0.15, 0.2) is 84.9 Å². The maximum absolute atomic E-state index is 13.3. The molecule has 178 valence electrons. The van der Waals surface area contributed by atoms with Gasteiger partial charge in [0, 0.05) is 11.3 Å². The van der Waals surface area contributed by atoms with E-state index in [0.717, 1.165) is 5.56 Å². The summed E-state index contributed by atoms with van der Waals surface area (Å²) in [5, 5.41) is 4.18. The number of para-hydroxylation sites is 1. The van der Waals surface area contributed by atoms with Crippen LogP contribution in [0.1, 0.15) is 42.1 Å². The van der Waals surface area contributed by atoms with E-state index in [1.807, 2.05) is 30.3 Å². The molecule has 3 aromatic rings. The van der Waals surface area contributed by atoms with Crippen molar-refractivity contribution < 1.29 is 14.4 Å². The molecule has 0 spiro atoms. The summed E-state index contributed by atoms with van der Waals surface area (Å²) in [7, 11) is 0. The second-order valence-electron chi connectivity index (χ2n) is 8.51. The van der Waals surface area contributed by atoms with Crippen molar-refractivity contribution in [3.8, 4) is 0 Å². The van der Waals surface area contributed by atoms with Crippen molar-refractivity contribution in [1.29, 1.82) is 0 Å². The van der Waals surface area contributed by atoms with E-state index < -0.39 is 17.9 Å². The SMILES string of the molecule is CC(C)c1ccc(NC(=O)C2CC(=O)N(c3ccccc3)C(=S)N2NC(=O)c2ccccc2)cc1. The van der Waals surface area contributed by atoms with Gasteiger partial charge in [0.25, 0.3) is 5.91 Å². The van der Waals surface area contributed by atoms with Gasteiger partial charge in [-0.05, 0) is 60.1 Å². The Balaban J connectivity index is 1.61. The van der Waals surface area contributed by atoms with Gasteiger partial charge in [-0.3, -0.25) is 24.7 Å². The summed E-state index contributed by atoms with van der Waals surface area (Å²) in [5.41, 5.74) is 5.45. The summed E-state index contributed by atoms with van der Waals surface area (Å²) in [6.45, 7) is 4.18. The highest BCUT2D eigenvalue weighted by Gasteiger charge is 2.41. The number of hydrazine groups is 1. The lowest BCUT2D eigenvalue weighted by molar-refractivity contribution is -0.127. The topological polar surface area (TPSA) is 81.8 Å². The molecule has 0 saturated carbocycles. The average molecular weight is 487 g/mol. The molecule has 0 bridgehead atoms. The number of thiocarbonyl (C=S) groups is 1. The molecule has 8 heteroatoms. The van der Waals surface area contributed by atoms with E-state index in [4.69, 9.17) is 12.2 Å². The number of nitrogens with one attached hydrogen (secondary N) is 2. The van der Waals surface area contributed by atoms with Crippen molar-refractivity contribution in [3.05, 3.63) is 96.1 Å². The predicted molar refractivity (Wildman–Crippen MR) is 140 cm³/mol. The second kappa shape index (κ2) is 10.5. The van der Waals surface area contributed by atoms with Crippen molar-refractivity contribution >= 4 is 46.4 Å². The molecule has 1 aliphatic rings. The molecule has 4 rings (SSSR count). The third kappa shape index (κ3) is 5.38. The maximum atomic E-state index is 13.3. The van der Waals surface area contributed by atoms with Crippen molar-refractivity contribution in [1.82, 2.24) is 10.4 Å². The summed E-state index contributed by atoms with van der Waals surface area (Å²) in [5.74, 6) is -0.851. The van der Waals surface area contributed by atoms with E-state index in [9.17, 15) is 14.4 Å². The number of carbonyl (C=O) groups excluding carboxylic acids is 3. The Morgan fingerprint density at radius 2 is 1.51 bits per heavy atom.